The molecule has 0 unspecified atom stereocenters. The van der Waals surface area contributed by atoms with E-state index < -0.39 is 4.92 Å². The second-order valence-corrected chi connectivity index (χ2v) is 7.39. The zero-order valence-electron chi connectivity index (χ0n) is 13.1. The van der Waals surface area contributed by atoms with E-state index in [2.05, 4.69) is 12.2 Å². The molecule has 6 heteroatoms. The Morgan fingerprint density at radius 1 is 1.08 bits per heavy atom. The lowest BCUT2D eigenvalue weighted by Crippen LogP contribution is -2.40. The number of anilines is 1. The second-order valence-electron chi connectivity index (χ2n) is 7.39. The number of nitrogens with zero attached hydrogens (tertiary/aromatic N) is 2. The van der Waals surface area contributed by atoms with Crippen molar-refractivity contribution >= 4 is 23.2 Å². The van der Waals surface area contributed by atoms with E-state index in [0.717, 1.165) is 6.42 Å². The number of rotatable bonds is 2. The summed E-state index contributed by atoms with van der Waals surface area (Å²) in [5.41, 5.74) is 0.778. The summed E-state index contributed by atoms with van der Waals surface area (Å²) >= 11 is 0. The molecule has 2 saturated carbocycles. The van der Waals surface area contributed by atoms with E-state index in [9.17, 15) is 19.7 Å². The average Bonchev–Trinajstić information content (AvgIpc) is 3.33. The fourth-order valence-corrected chi connectivity index (χ4v) is 5.15. The minimum atomic E-state index is -0.475. The Morgan fingerprint density at radius 2 is 1.67 bits per heavy atom. The number of hydrogen-bond acceptors (Lipinski definition) is 4. The average molecular weight is 324 g/mol. The quantitative estimate of drug-likeness (QED) is 0.362. The van der Waals surface area contributed by atoms with Gasteiger partial charge in [-0.1, -0.05) is 18.2 Å². The van der Waals surface area contributed by atoms with Crippen molar-refractivity contribution in [2.45, 2.75) is 13.3 Å². The molecule has 6 rings (SSSR count). The number of aryl methyl sites for hydroxylation is 1. The smallest absolute Gasteiger partial charge is 0.274 e. The van der Waals surface area contributed by atoms with Crippen LogP contribution in [0.2, 0.25) is 0 Å². The van der Waals surface area contributed by atoms with Gasteiger partial charge in [-0.3, -0.25) is 19.7 Å². The molecule has 2 bridgehead atoms. The van der Waals surface area contributed by atoms with Gasteiger partial charge in [0, 0.05) is 11.6 Å². The Morgan fingerprint density at radius 3 is 2.21 bits per heavy atom. The highest BCUT2D eigenvalue weighted by Gasteiger charge is 2.67. The van der Waals surface area contributed by atoms with E-state index in [1.54, 1.807) is 19.1 Å². The van der Waals surface area contributed by atoms with Crippen molar-refractivity contribution < 1.29 is 14.5 Å². The Kier molecular flexibility index (Phi) is 2.50. The fraction of sp³-hybridized carbons (Fsp3) is 0.444. The minimum absolute atomic E-state index is 0.0630. The van der Waals surface area contributed by atoms with E-state index in [-0.39, 0.29) is 41.2 Å². The zero-order valence-corrected chi connectivity index (χ0v) is 13.1. The summed E-state index contributed by atoms with van der Waals surface area (Å²) < 4.78 is 0. The van der Waals surface area contributed by atoms with Gasteiger partial charge in [0.25, 0.3) is 5.69 Å². The summed E-state index contributed by atoms with van der Waals surface area (Å²) in [5, 5.41) is 11.2. The first-order valence-corrected chi connectivity index (χ1v) is 8.30. The fourth-order valence-electron chi connectivity index (χ4n) is 5.15. The van der Waals surface area contributed by atoms with E-state index in [0.29, 0.717) is 23.1 Å². The third-order valence-corrected chi connectivity index (χ3v) is 6.31. The number of nitro groups is 1. The van der Waals surface area contributed by atoms with Crippen LogP contribution in [0, 0.1) is 52.5 Å². The topological polar surface area (TPSA) is 80.5 Å². The number of imide groups is 1. The molecule has 1 heterocycles. The van der Waals surface area contributed by atoms with E-state index >= 15 is 0 Å². The van der Waals surface area contributed by atoms with Crippen LogP contribution in [0.4, 0.5) is 11.4 Å². The van der Waals surface area contributed by atoms with Crippen LogP contribution in [0.5, 0.6) is 0 Å². The number of hydrogen-bond donors (Lipinski definition) is 0. The van der Waals surface area contributed by atoms with E-state index in [4.69, 9.17) is 0 Å². The molecule has 0 spiro atoms. The number of carbonyl (C=O) groups is 2. The lowest BCUT2D eigenvalue weighted by Gasteiger charge is -2.37. The number of allylic oxidation sites excluding steroid dienone is 2. The molecule has 0 N–H and O–H groups in total. The maximum absolute atomic E-state index is 13.0. The maximum Gasteiger partial charge on any atom is 0.274 e. The van der Waals surface area contributed by atoms with Crippen LogP contribution in [0.25, 0.3) is 0 Å². The van der Waals surface area contributed by atoms with E-state index in [1.807, 2.05) is 0 Å². The van der Waals surface area contributed by atoms with Crippen LogP contribution in [-0.4, -0.2) is 16.7 Å². The van der Waals surface area contributed by atoms with Crippen molar-refractivity contribution in [3.63, 3.8) is 0 Å². The third kappa shape index (κ3) is 1.56. The standard InChI is InChI=1S/C18H16N2O4/c1-8-2-3-9(6-14(8)20(23)24)19-17(21)15-10-4-5-11(13-7-12(10)13)16(15)18(19)22/h2-6,10-13,15-16H,7H2,1H3/t10-,11-,12-,13-,15-,16+/m1/s1. The molecule has 0 radical (unpaired) electrons. The molecular formula is C18H16N2O4. The van der Waals surface area contributed by atoms with Gasteiger partial charge in [0.1, 0.15) is 0 Å². The van der Waals surface area contributed by atoms with E-state index in [1.165, 1.54) is 11.0 Å². The van der Waals surface area contributed by atoms with Crippen LogP contribution >= 0.6 is 0 Å². The molecule has 1 aliphatic heterocycles. The van der Waals surface area contributed by atoms with Crippen LogP contribution < -0.4 is 4.90 Å². The van der Waals surface area contributed by atoms with Crippen molar-refractivity contribution in [3.8, 4) is 0 Å². The van der Waals surface area contributed by atoms with Gasteiger partial charge < -0.3 is 0 Å². The van der Waals surface area contributed by atoms with Gasteiger partial charge in [0.15, 0.2) is 0 Å². The minimum Gasteiger partial charge on any atom is -0.274 e. The summed E-state index contributed by atoms with van der Waals surface area (Å²) in [6.45, 7) is 1.65. The zero-order chi connectivity index (χ0) is 16.7. The monoisotopic (exact) mass is 324 g/mol. The van der Waals surface area contributed by atoms with Crippen LogP contribution in [0.15, 0.2) is 30.4 Å². The lowest BCUT2D eigenvalue weighted by atomic mass is 9.63. The summed E-state index contributed by atoms with van der Waals surface area (Å²) in [7, 11) is 0. The molecule has 122 valence electrons. The molecule has 4 aliphatic carbocycles. The molecule has 5 aliphatic rings. The lowest BCUT2D eigenvalue weighted by molar-refractivity contribution is -0.385. The van der Waals surface area contributed by atoms with Crippen LogP contribution in [0.1, 0.15) is 12.0 Å². The predicted octanol–water partition coefficient (Wildman–Crippen LogP) is 2.46. The van der Waals surface area contributed by atoms with Gasteiger partial charge in [0.05, 0.1) is 22.4 Å². The Hall–Kier alpha value is -2.50. The van der Waals surface area contributed by atoms with Crippen molar-refractivity contribution in [1.29, 1.82) is 0 Å². The first-order valence-electron chi connectivity index (χ1n) is 8.30. The van der Waals surface area contributed by atoms with Crippen LogP contribution in [-0.2, 0) is 9.59 Å². The molecule has 3 fully saturated rings. The second kappa shape index (κ2) is 4.32. The highest BCUT2D eigenvalue weighted by molar-refractivity contribution is 6.22. The van der Waals surface area contributed by atoms with Gasteiger partial charge >= 0.3 is 0 Å². The number of nitro benzene ring substituents is 1. The maximum atomic E-state index is 13.0. The molecule has 2 amide bonds. The third-order valence-electron chi connectivity index (χ3n) is 6.31. The molecule has 1 aromatic carbocycles. The Labute approximate surface area is 138 Å². The highest BCUT2D eigenvalue weighted by atomic mass is 16.6. The predicted molar refractivity (Wildman–Crippen MR) is 85.0 cm³/mol. The molecule has 24 heavy (non-hydrogen) atoms. The normalized spacial score (nSPS) is 38.3. The molecule has 1 saturated heterocycles. The molecular weight excluding hydrogens is 308 g/mol. The van der Waals surface area contributed by atoms with Crippen molar-refractivity contribution in [2.24, 2.45) is 35.5 Å². The summed E-state index contributed by atoms with van der Waals surface area (Å²) in [4.78, 5) is 37.8. The molecule has 1 aromatic rings. The number of benzene rings is 1. The summed E-state index contributed by atoms with van der Waals surface area (Å²) in [6, 6.07) is 4.57. The van der Waals surface area contributed by atoms with Gasteiger partial charge in [-0.05, 0) is 43.1 Å². The molecule has 0 aromatic heterocycles. The molecule has 6 atom stereocenters. The van der Waals surface area contributed by atoms with Gasteiger partial charge in [-0.15, -0.1) is 0 Å². The largest absolute Gasteiger partial charge is 0.274 e. The van der Waals surface area contributed by atoms with Crippen molar-refractivity contribution in [1.82, 2.24) is 0 Å². The highest BCUT2D eigenvalue weighted by Crippen LogP contribution is 2.65. The van der Waals surface area contributed by atoms with Crippen LogP contribution in [0.3, 0.4) is 0 Å². The van der Waals surface area contributed by atoms with Crippen molar-refractivity contribution in [3.05, 3.63) is 46.0 Å². The number of amides is 2. The first-order chi connectivity index (χ1) is 11.5. The summed E-state index contributed by atoms with van der Waals surface area (Å²) in [5.74, 6) is 0.475. The number of carbonyl (C=O) groups excluding carboxylic acids is 2. The summed E-state index contributed by atoms with van der Waals surface area (Å²) in [6.07, 6.45) is 5.35. The SMILES string of the molecule is Cc1ccc(N2C(=O)[C@@H]3[C@@H]4C=C[C@H]([C@H]5C[C@H]45)[C@@H]3C2=O)cc1[N+](=O)[O-]. The first kappa shape index (κ1) is 13.9. The Bertz CT molecular complexity index is 809. The Balaban J connectivity index is 1.57. The van der Waals surface area contributed by atoms with Crippen molar-refractivity contribution in [2.75, 3.05) is 4.90 Å². The van der Waals surface area contributed by atoms with Gasteiger partial charge in [-0.2, -0.15) is 0 Å². The molecule has 6 nitrogen and oxygen atoms in total. The van der Waals surface area contributed by atoms with Gasteiger partial charge in [-0.25, -0.2) is 4.90 Å². The van der Waals surface area contributed by atoms with Gasteiger partial charge in [0.2, 0.25) is 11.8 Å².